The van der Waals surface area contributed by atoms with Gasteiger partial charge in [0.25, 0.3) is 0 Å². The lowest BCUT2D eigenvalue weighted by atomic mass is 10.1. The first-order valence-corrected chi connectivity index (χ1v) is 9.48. The molecule has 142 valence electrons. The molecule has 2 aromatic carbocycles. The van der Waals surface area contributed by atoms with Crippen LogP contribution in [-0.2, 0) is 4.79 Å². The van der Waals surface area contributed by atoms with Gasteiger partial charge < -0.3 is 15.0 Å². The van der Waals surface area contributed by atoms with Gasteiger partial charge in [-0.25, -0.2) is 0 Å². The Balaban J connectivity index is 1.45. The molecule has 5 heteroatoms. The highest BCUT2D eigenvalue weighted by Gasteiger charge is 2.13. The molecule has 0 saturated carbocycles. The van der Waals surface area contributed by atoms with Gasteiger partial charge in [-0.2, -0.15) is 0 Å². The van der Waals surface area contributed by atoms with Gasteiger partial charge in [0.2, 0.25) is 5.91 Å². The lowest BCUT2D eigenvalue weighted by molar-refractivity contribution is -0.116. The number of carbonyl (C=O) groups is 2. The van der Waals surface area contributed by atoms with Crippen molar-refractivity contribution in [1.82, 2.24) is 0 Å². The molecule has 0 atom stereocenters. The summed E-state index contributed by atoms with van der Waals surface area (Å²) in [6, 6.07) is 15.0. The Bertz CT molecular complexity index is 780. The molecular weight excluding hydrogens is 340 g/mol. The molecule has 1 saturated heterocycles. The summed E-state index contributed by atoms with van der Waals surface area (Å²) in [6.07, 6.45) is 3.66. The highest BCUT2D eigenvalue weighted by molar-refractivity contribution is 5.97. The maximum atomic E-state index is 12.2. The maximum absolute atomic E-state index is 12.2. The molecular formula is C22H26N2O3. The number of rotatable bonds is 8. The van der Waals surface area contributed by atoms with E-state index in [4.69, 9.17) is 4.74 Å². The van der Waals surface area contributed by atoms with Crippen molar-refractivity contribution in [2.45, 2.75) is 32.1 Å². The average molecular weight is 366 g/mol. The van der Waals surface area contributed by atoms with E-state index in [1.54, 1.807) is 31.4 Å². The smallest absolute Gasteiger partial charge is 0.224 e. The maximum Gasteiger partial charge on any atom is 0.224 e. The summed E-state index contributed by atoms with van der Waals surface area (Å²) in [5.41, 5.74) is 2.61. The van der Waals surface area contributed by atoms with Gasteiger partial charge in [-0.1, -0.05) is 6.07 Å². The van der Waals surface area contributed by atoms with Gasteiger partial charge in [0.15, 0.2) is 5.78 Å². The Labute approximate surface area is 160 Å². The third-order valence-electron chi connectivity index (χ3n) is 4.82. The second-order valence-electron chi connectivity index (χ2n) is 6.80. The second kappa shape index (κ2) is 9.21. The fraction of sp³-hybridized carbons (Fsp3) is 0.364. The van der Waals surface area contributed by atoms with Crippen LogP contribution in [0.1, 0.15) is 42.5 Å². The number of hydrogen-bond donors (Lipinski definition) is 1. The van der Waals surface area contributed by atoms with Crippen molar-refractivity contribution in [3.05, 3.63) is 54.1 Å². The lowest BCUT2D eigenvalue weighted by Gasteiger charge is -2.18. The quantitative estimate of drug-likeness (QED) is 0.708. The molecule has 3 rings (SSSR count). The average Bonchev–Trinajstić information content (AvgIpc) is 3.23. The monoisotopic (exact) mass is 366 g/mol. The van der Waals surface area contributed by atoms with E-state index in [9.17, 15) is 9.59 Å². The zero-order valence-electron chi connectivity index (χ0n) is 15.7. The zero-order chi connectivity index (χ0) is 19.1. The second-order valence-corrected chi connectivity index (χ2v) is 6.80. The summed E-state index contributed by atoms with van der Waals surface area (Å²) < 4.78 is 5.09. The first-order valence-electron chi connectivity index (χ1n) is 9.48. The molecule has 0 aliphatic carbocycles. The number of Topliss-reactive ketones (excluding diaryl/α,β-unsaturated/α-hetero) is 1. The molecule has 2 aromatic rings. The number of hydrogen-bond acceptors (Lipinski definition) is 4. The molecule has 1 fully saturated rings. The standard InChI is InChI=1S/C22H26N2O3/c1-27-20-12-10-17(11-13-20)21(25)8-5-9-22(26)23-18-6-4-7-19(16-18)24-14-2-3-15-24/h4,6-7,10-13,16H,2-3,5,8-9,14-15H2,1H3,(H,23,26). The van der Waals surface area contributed by atoms with Crippen LogP contribution in [0.3, 0.4) is 0 Å². The highest BCUT2D eigenvalue weighted by Crippen LogP contribution is 2.23. The van der Waals surface area contributed by atoms with Crippen LogP contribution in [0.25, 0.3) is 0 Å². The Kier molecular flexibility index (Phi) is 6.47. The fourth-order valence-corrected chi connectivity index (χ4v) is 3.31. The number of ether oxygens (including phenoxy) is 1. The number of benzene rings is 2. The van der Waals surface area contributed by atoms with Gasteiger partial charge in [-0.3, -0.25) is 9.59 Å². The highest BCUT2D eigenvalue weighted by atomic mass is 16.5. The van der Waals surface area contributed by atoms with Crippen LogP contribution in [0.2, 0.25) is 0 Å². The number of nitrogens with one attached hydrogen (secondary N) is 1. The van der Waals surface area contributed by atoms with Crippen molar-refractivity contribution >= 4 is 23.1 Å². The SMILES string of the molecule is COc1ccc(C(=O)CCCC(=O)Nc2cccc(N3CCCC3)c2)cc1. The topological polar surface area (TPSA) is 58.6 Å². The molecule has 0 radical (unpaired) electrons. The van der Waals surface area contributed by atoms with Crippen LogP contribution in [0.15, 0.2) is 48.5 Å². The molecule has 0 spiro atoms. The van der Waals surface area contributed by atoms with E-state index < -0.39 is 0 Å². The summed E-state index contributed by atoms with van der Waals surface area (Å²) in [4.78, 5) is 26.7. The van der Waals surface area contributed by atoms with E-state index in [0.29, 0.717) is 24.8 Å². The van der Waals surface area contributed by atoms with Crippen molar-refractivity contribution in [3.63, 3.8) is 0 Å². The minimum absolute atomic E-state index is 0.0430. The molecule has 1 heterocycles. The molecule has 0 aromatic heterocycles. The van der Waals surface area contributed by atoms with Gasteiger partial charge in [-0.05, 0) is 61.7 Å². The molecule has 1 amide bonds. The normalized spacial score (nSPS) is 13.4. The largest absolute Gasteiger partial charge is 0.497 e. The van der Waals surface area contributed by atoms with E-state index >= 15 is 0 Å². The van der Waals surface area contributed by atoms with Crippen LogP contribution in [0.4, 0.5) is 11.4 Å². The molecule has 27 heavy (non-hydrogen) atoms. The fourth-order valence-electron chi connectivity index (χ4n) is 3.31. The predicted octanol–water partition coefficient (Wildman–Crippen LogP) is 4.29. The first kappa shape index (κ1) is 19.0. The molecule has 0 bridgehead atoms. The zero-order valence-corrected chi connectivity index (χ0v) is 15.7. The summed E-state index contributed by atoms with van der Waals surface area (Å²) in [5.74, 6) is 0.708. The van der Waals surface area contributed by atoms with Crippen molar-refractivity contribution < 1.29 is 14.3 Å². The molecule has 1 aliphatic rings. The number of amides is 1. The van der Waals surface area contributed by atoms with E-state index in [0.717, 1.165) is 30.2 Å². The van der Waals surface area contributed by atoms with Gasteiger partial charge in [0.05, 0.1) is 7.11 Å². The third-order valence-corrected chi connectivity index (χ3v) is 4.82. The molecule has 5 nitrogen and oxygen atoms in total. The van der Waals surface area contributed by atoms with Crippen LogP contribution in [0, 0.1) is 0 Å². The van der Waals surface area contributed by atoms with E-state index in [2.05, 4.69) is 16.3 Å². The minimum atomic E-state index is -0.0592. The summed E-state index contributed by atoms with van der Waals surface area (Å²) in [7, 11) is 1.59. The van der Waals surface area contributed by atoms with Crippen molar-refractivity contribution in [3.8, 4) is 5.75 Å². The van der Waals surface area contributed by atoms with Crippen molar-refractivity contribution in [2.75, 3.05) is 30.4 Å². The van der Waals surface area contributed by atoms with Gasteiger partial charge in [0.1, 0.15) is 5.75 Å². The number of carbonyl (C=O) groups excluding carboxylic acids is 2. The summed E-state index contributed by atoms with van der Waals surface area (Å²) in [6.45, 7) is 2.15. The molecule has 0 unspecified atom stereocenters. The van der Waals surface area contributed by atoms with E-state index in [-0.39, 0.29) is 11.7 Å². The van der Waals surface area contributed by atoms with Gasteiger partial charge in [-0.15, -0.1) is 0 Å². The number of anilines is 2. The number of methoxy groups -OCH3 is 1. The summed E-state index contributed by atoms with van der Waals surface area (Å²) >= 11 is 0. The molecule has 1 N–H and O–H groups in total. The van der Waals surface area contributed by atoms with E-state index in [1.165, 1.54) is 12.8 Å². The van der Waals surface area contributed by atoms with Crippen LogP contribution < -0.4 is 15.0 Å². The Hall–Kier alpha value is -2.82. The Morgan fingerprint density at radius 3 is 2.48 bits per heavy atom. The van der Waals surface area contributed by atoms with Crippen molar-refractivity contribution in [1.29, 1.82) is 0 Å². The first-order chi connectivity index (χ1) is 13.2. The molecule has 1 aliphatic heterocycles. The predicted molar refractivity (Wildman–Crippen MR) is 108 cm³/mol. The summed E-state index contributed by atoms with van der Waals surface area (Å²) in [5, 5.41) is 2.94. The number of nitrogens with zero attached hydrogens (tertiary/aromatic N) is 1. The Morgan fingerprint density at radius 2 is 1.78 bits per heavy atom. The number of ketones is 1. The lowest BCUT2D eigenvalue weighted by Crippen LogP contribution is -2.18. The Morgan fingerprint density at radius 1 is 1.04 bits per heavy atom. The van der Waals surface area contributed by atoms with Crippen LogP contribution >= 0.6 is 0 Å². The van der Waals surface area contributed by atoms with Crippen molar-refractivity contribution in [2.24, 2.45) is 0 Å². The third kappa shape index (κ3) is 5.33. The minimum Gasteiger partial charge on any atom is -0.497 e. The van der Waals surface area contributed by atoms with Crippen LogP contribution in [0.5, 0.6) is 5.75 Å². The van der Waals surface area contributed by atoms with E-state index in [1.807, 2.05) is 18.2 Å². The van der Waals surface area contributed by atoms with Gasteiger partial charge in [0, 0.05) is 42.9 Å². The van der Waals surface area contributed by atoms with Crippen LogP contribution in [-0.4, -0.2) is 31.9 Å². The van der Waals surface area contributed by atoms with Gasteiger partial charge >= 0.3 is 0 Å².